The maximum Gasteiger partial charge on any atom is 0.0681 e. The van der Waals surface area contributed by atoms with E-state index in [1.807, 2.05) is 30.0 Å². The van der Waals surface area contributed by atoms with Gasteiger partial charge in [0.25, 0.3) is 0 Å². The summed E-state index contributed by atoms with van der Waals surface area (Å²) < 4.78 is 0. The molecule has 2 aromatic rings. The van der Waals surface area contributed by atoms with Gasteiger partial charge in [-0.2, -0.15) is 0 Å². The highest BCUT2D eigenvalue weighted by Crippen LogP contribution is 2.36. The van der Waals surface area contributed by atoms with E-state index in [-0.39, 0.29) is 19.0 Å². The van der Waals surface area contributed by atoms with Gasteiger partial charge in [-0.05, 0) is 54.3 Å². The van der Waals surface area contributed by atoms with Crippen LogP contribution in [-0.2, 0) is 25.2 Å². The molecule has 0 aromatic heterocycles. The summed E-state index contributed by atoms with van der Waals surface area (Å²) in [5.41, 5.74) is 5.04. The summed E-state index contributed by atoms with van der Waals surface area (Å²) in [6.45, 7) is 2.16. The van der Waals surface area contributed by atoms with Crippen molar-refractivity contribution in [1.82, 2.24) is 5.32 Å². The molecular formula is C18H21Cl2NOS. The average molecular weight is 370 g/mol. The van der Waals surface area contributed by atoms with Crippen LogP contribution in [0.3, 0.4) is 0 Å². The minimum Gasteiger partial charge on any atom is -0.392 e. The Balaban J connectivity index is 0.00000192. The summed E-state index contributed by atoms with van der Waals surface area (Å²) in [7, 11) is 0. The second kappa shape index (κ2) is 8.95. The highest BCUT2D eigenvalue weighted by atomic mass is 35.5. The molecule has 5 heteroatoms. The van der Waals surface area contributed by atoms with Gasteiger partial charge < -0.3 is 10.4 Å². The number of fused-ring (bicyclic) bond motifs is 1. The van der Waals surface area contributed by atoms with Crippen LogP contribution >= 0.6 is 35.8 Å². The zero-order chi connectivity index (χ0) is 15.4. The van der Waals surface area contributed by atoms with Crippen LogP contribution in [0.15, 0.2) is 41.3 Å². The lowest BCUT2D eigenvalue weighted by molar-refractivity contribution is 0.282. The standard InChI is InChI=1S/C18H20ClNOS.ClH/c19-17-6-5-15-7-9-20-10-8-16(15)18(17)22-12-14-3-1-13(11-21)2-4-14;/h1-6,20-21H,7-12H2;1H. The highest BCUT2D eigenvalue weighted by molar-refractivity contribution is 7.98. The molecule has 0 spiro atoms. The predicted molar refractivity (Wildman–Crippen MR) is 101 cm³/mol. The van der Waals surface area contributed by atoms with Gasteiger partial charge in [-0.25, -0.2) is 0 Å². The van der Waals surface area contributed by atoms with E-state index < -0.39 is 0 Å². The van der Waals surface area contributed by atoms with Gasteiger partial charge in [0.15, 0.2) is 0 Å². The van der Waals surface area contributed by atoms with Crippen molar-refractivity contribution in [1.29, 1.82) is 0 Å². The number of halogens is 2. The molecule has 2 aromatic carbocycles. The van der Waals surface area contributed by atoms with Gasteiger partial charge in [0, 0.05) is 10.6 Å². The summed E-state index contributed by atoms with van der Waals surface area (Å²) in [5, 5.41) is 13.4. The van der Waals surface area contributed by atoms with Crippen LogP contribution in [0.4, 0.5) is 0 Å². The van der Waals surface area contributed by atoms with Crippen LogP contribution in [0.5, 0.6) is 0 Å². The molecule has 0 radical (unpaired) electrons. The van der Waals surface area contributed by atoms with E-state index in [4.69, 9.17) is 16.7 Å². The average Bonchev–Trinajstić information content (AvgIpc) is 2.80. The lowest BCUT2D eigenvalue weighted by atomic mass is 10.0. The minimum absolute atomic E-state index is 0. The third-order valence-electron chi connectivity index (χ3n) is 4.02. The Morgan fingerprint density at radius 2 is 1.70 bits per heavy atom. The van der Waals surface area contributed by atoms with E-state index in [1.165, 1.54) is 21.6 Å². The number of hydrogen-bond acceptors (Lipinski definition) is 3. The Bertz CT molecular complexity index is 646. The van der Waals surface area contributed by atoms with Gasteiger partial charge in [0.1, 0.15) is 0 Å². The van der Waals surface area contributed by atoms with E-state index in [0.29, 0.717) is 0 Å². The van der Waals surface area contributed by atoms with E-state index in [2.05, 4.69) is 23.5 Å². The monoisotopic (exact) mass is 369 g/mol. The fourth-order valence-electron chi connectivity index (χ4n) is 2.76. The van der Waals surface area contributed by atoms with Crippen molar-refractivity contribution in [2.75, 3.05) is 13.1 Å². The Hall–Kier alpha value is -0.710. The van der Waals surface area contributed by atoms with Gasteiger partial charge in [0.05, 0.1) is 11.6 Å². The zero-order valence-corrected chi connectivity index (χ0v) is 15.2. The Labute approximate surface area is 153 Å². The molecule has 1 aliphatic rings. The first-order valence-electron chi connectivity index (χ1n) is 7.60. The van der Waals surface area contributed by atoms with Gasteiger partial charge >= 0.3 is 0 Å². The summed E-state index contributed by atoms with van der Waals surface area (Å²) in [6, 6.07) is 12.3. The lowest BCUT2D eigenvalue weighted by Gasteiger charge is -2.14. The topological polar surface area (TPSA) is 32.3 Å². The molecule has 3 rings (SSSR count). The smallest absolute Gasteiger partial charge is 0.0681 e. The molecule has 0 unspecified atom stereocenters. The van der Waals surface area contributed by atoms with E-state index in [0.717, 1.165) is 42.3 Å². The first kappa shape index (κ1) is 18.6. The second-order valence-electron chi connectivity index (χ2n) is 5.53. The molecule has 0 saturated heterocycles. The van der Waals surface area contributed by atoms with E-state index in [9.17, 15) is 0 Å². The van der Waals surface area contributed by atoms with Crippen molar-refractivity contribution in [2.24, 2.45) is 0 Å². The minimum atomic E-state index is 0. The van der Waals surface area contributed by atoms with Crippen LogP contribution in [0.25, 0.3) is 0 Å². The van der Waals surface area contributed by atoms with E-state index >= 15 is 0 Å². The van der Waals surface area contributed by atoms with E-state index in [1.54, 1.807) is 0 Å². The molecule has 0 amide bonds. The number of hydrogen-bond donors (Lipinski definition) is 2. The first-order valence-corrected chi connectivity index (χ1v) is 8.96. The van der Waals surface area contributed by atoms with Crippen molar-refractivity contribution in [3.05, 3.63) is 63.7 Å². The summed E-state index contributed by atoms with van der Waals surface area (Å²) in [5.74, 6) is 0.898. The molecule has 0 saturated carbocycles. The highest BCUT2D eigenvalue weighted by Gasteiger charge is 2.15. The summed E-state index contributed by atoms with van der Waals surface area (Å²) >= 11 is 8.27. The Morgan fingerprint density at radius 3 is 2.43 bits per heavy atom. The third kappa shape index (κ3) is 4.65. The second-order valence-corrected chi connectivity index (χ2v) is 6.92. The van der Waals surface area contributed by atoms with Gasteiger partial charge in [-0.15, -0.1) is 24.2 Å². The Morgan fingerprint density at radius 1 is 1.00 bits per heavy atom. The number of aliphatic hydroxyl groups excluding tert-OH is 1. The molecule has 2 N–H and O–H groups in total. The van der Waals surface area contributed by atoms with Crippen molar-refractivity contribution in [2.45, 2.75) is 30.1 Å². The number of rotatable bonds is 4. The van der Waals surface area contributed by atoms with Gasteiger partial charge in [-0.1, -0.05) is 41.9 Å². The first-order chi connectivity index (χ1) is 10.8. The quantitative estimate of drug-likeness (QED) is 0.790. The fourth-order valence-corrected chi connectivity index (χ4v) is 4.22. The largest absolute Gasteiger partial charge is 0.392 e. The van der Waals surface area contributed by atoms with Gasteiger partial charge in [0.2, 0.25) is 0 Å². The molecule has 1 heterocycles. The molecule has 2 nitrogen and oxygen atoms in total. The van der Waals surface area contributed by atoms with Crippen LogP contribution < -0.4 is 5.32 Å². The number of benzene rings is 2. The van der Waals surface area contributed by atoms with Crippen LogP contribution in [0.2, 0.25) is 5.02 Å². The number of aliphatic hydroxyl groups is 1. The molecular weight excluding hydrogens is 349 g/mol. The van der Waals surface area contributed by atoms with Gasteiger partial charge in [-0.3, -0.25) is 0 Å². The molecule has 23 heavy (non-hydrogen) atoms. The molecule has 0 atom stereocenters. The van der Waals surface area contributed by atoms with Crippen molar-refractivity contribution in [3.63, 3.8) is 0 Å². The molecule has 0 aliphatic carbocycles. The van der Waals surface area contributed by atoms with Crippen LogP contribution in [0.1, 0.15) is 22.3 Å². The third-order valence-corrected chi connectivity index (χ3v) is 5.68. The number of thioether (sulfide) groups is 1. The zero-order valence-electron chi connectivity index (χ0n) is 12.8. The summed E-state index contributed by atoms with van der Waals surface area (Å²) in [4.78, 5) is 1.23. The van der Waals surface area contributed by atoms with Crippen LogP contribution in [0, 0.1) is 0 Å². The lowest BCUT2D eigenvalue weighted by Crippen LogP contribution is -2.16. The molecule has 1 aliphatic heterocycles. The molecule has 0 bridgehead atoms. The SMILES string of the molecule is Cl.OCc1ccc(CSc2c(Cl)ccc3c2CCNCC3)cc1. The van der Waals surface area contributed by atoms with Crippen molar-refractivity contribution in [3.8, 4) is 0 Å². The van der Waals surface area contributed by atoms with Crippen molar-refractivity contribution < 1.29 is 5.11 Å². The predicted octanol–water partition coefficient (Wildman–Crippen LogP) is 4.23. The molecule has 0 fully saturated rings. The normalized spacial score (nSPS) is 13.8. The molecule has 124 valence electrons. The fraction of sp³-hybridized carbons (Fsp3) is 0.333. The Kier molecular flexibility index (Phi) is 7.25. The van der Waals surface area contributed by atoms with Crippen LogP contribution in [-0.4, -0.2) is 18.2 Å². The summed E-state index contributed by atoms with van der Waals surface area (Å²) in [6.07, 6.45) is 2.12. The maximum absolute atomic E-state index is 9.10. The number of nitrogens with one attached hydrogen (secondary N) is 1. The van der Waals surface area contributed by atoms with Crippen molar-refractivity contribution >= 4 is 35.8 Å². The maximum atomic E-state index is 9.10.